The largest absolute Gasteiger partial charge is 0.459 e. The first-order valence-corrected chi connectivity index (χ1v) is 9.36. The smallest absolute Gasteiger partial charge is 0.275 e. The molecule has 0 spiro atoms. The molecule has 3 rings (SSSR count). The van der Waals surface area contributed by atoms with Crippen molar-refractivity contribution >= 4 is 22.8 Å². The van der Waals surface area contributed by atoms with E-state index < -0.39 is 0 Å². The van der Waals surface area contributed by atoms with Crippen molar-refractivity contribution in [3.8, 4) is 0 Å². The van der Waals surface area contributed by atoms with Crippen LogP contribution in [0.1, 0.15) is 34.6 Å². The number of nitrogens with one attached hydrogen (secondary N) is 3. The average molecular weight is 380 g/mol. The summed E-state index contributed by atoms with van der Waals surface area (Å²) in [6, 6.07) is 17.0. The maximum atomic E-state index is 12.4. The van der Waals surface area contributed by atoms with Gasteiger partial charge in [0.05, 0.1) is 13.1 Å². The lowest BCUT2D eigenvalue weighted by molar-refractivity contribution is -0.885. The van der Waals surface area contributed by atoms with Crippen molar-refractivity contribution in [3.05, 3.63) is 71.5 Å². The second-order valence-corrected chi connectivity index (χ2v) is 7.06. The van der Waals surface area contributed by atoms with Crippen molar-refractivity contribution in [3.63, 3.8) is 0 Å². The molecule has 1 aromatic heterocycles. The van der Waals surface area contributed by atoms with Gasteiger partial charge in [0.2, 0.25) is 0 Å². The van der Waals surface area contributed by atoms with E-state index in [-0.39, 0.29) is 17.9 Å². The summed E-state index contributed by atoms with van der Waals surface area (Å²) in [7, 11) is 3.58. The third-order valence-corrected chi connectivity index (χ3v) is 4.66. The molecule has 0 saturated heterocycles. The number of furan rings is 1. The molecule has 28 heavy (non-hydrogen) atoms. The van der Waals surface area contributed by atoms with Crippen molar-refractivity contribution < 1.29 is 18.9 Å². The van der Waals surface area contributed by atoms with Gasteiger partial charge in [-0.2, -0.15) is 0 Å². The number of rotatable bonds is 7. The summed E-state index contributed by atoms with van der Waals surface area (Å²) in [5.74, 6) is 0.607. The van der Waals surface area contributed by atoms with E-state index in [0.29, 0.717) is 18.7 Å². The fourth-order valence-electron chi connectivity index (χ4n) is 3.18. The predicted octanol–water partition coefficient (Wildman–Crippen LogP) is 1.68. The second kappa shape index (κ2) is 8.71. The van der Waals surface area contributed by atoms with E-state index >= 15 is 0 Å². The minimum Gasteiger partial charge on any atom is -0.459 e. The summed E-state index contributed by atoms with van der Waals surface area (Å²) in [6.45, 7) is 2.96. The van der Waals surface area contributed by atoms with Crippen molar-refractivity contribution in [2.75, 3.05) is 20.6 Å². The first kappa shape index (κ1) is 19.6. The van der Waals surface area contributed by atoms with Crippen LogP contribution >= 0.6 is 0 Å². The van der Waals surface area contributed by atoms with Gasteiger partial charge < -0.3 is 20.0 Å². The zero-order valence-electron chi connectivity index (χ0n) is 16.4. The zero-order chi connectivity index (χ0) is 20.1. The van der Waals surface area contributed by atoms with Crippen LogP contribution in [0.4, 0.5) is 0 Å². The topological polar surface area (TPSA) is 75.8 Å². The van der Waals surface area contributed by atoms with Gasteiger partial charge in [0.1, 0.15) is 17.9 Å². The number of carbonyl (C=O) groups is 2. The molecule has 0 radical (unpaired) electrons. The molecule has 0 fully saturated rings. The Labute approximate surface area is 164 Å². The van der Waals surface area contributed by atoms with Crippen molar-refractivity contribution in [1.29, 1.82) is 0 Å². The van der Waals surface area contributed by atoms with E-state index in [0.717, 1.165) is 27.2 Å². The number of carbonyl (C=O) groups excluding carboxylic acids is 2. The lowest BCUT2D eigenvalue weighted by Gasteiger charge is -2.16. The van der Waals surface area contributed by atoms with Gasteiger partial charge in [-0.25, -0.2) is 0 Å². The number of para-hydroxylation sites is 1. The Hall–Kier alpha value is -3.12. The summed E-state index contributed by atoms with van der Waals surface area (Å²) in [4.78, 5) is 25.0. The van der Waals surface area contributed by atoms with Crippen LogP contribution in [0, 0.1) is 0 Å². The highest BCUT2D eigenvalue weighted by Gasteiger charge is 2.17. The number of hydrogen-bond acceptors (Lipinski definition) is 3. The Balaban J connectivity index is 1.52. The van der Waals surface area contributed by atoms with Crippen LogP contribution in [0.2, 0.25) is 0 Å². The Morgan fingerprint density at radius 1 is 1.11 bits per heavy atom. The van der Waals surface area contributed by atoms with Crippen LogP contribution in [-0.2, 0) is 11.3 Å². The van der Waals surface area contributed by atoms with Crippen molar-refractivity contribution in [2.24, 2.45) is 0 Å². The first-order valence-electron chi connectivity index (χ1n) is 9.36. The van der Waals surface area contributed by atoms with Gasteiger partial charge in [-0.3, -0.25) is 9.59 Å². The van der Waals surface area contributed by atoms with Gasteiger partial charge in [-0.05, 0) is 31.2 Å². The minimum absolute atomic E-state index is 0.0348. The fourth-order valence-corrected chi connectivity index (χ4v) is 3.18. The molecule has 146 valence electrons. The highest BCUT2D eigenvalue weighted by Crippen LogP contribution is 2.23. The Bertz CT molecular complexity index is 930. The lowest BCUT2D eigenvalue weighted by atomic mass is 10.1. The van der Waals surface area contributed by atoms with E-state index in [4.69, 9.17) is 4.42 Å². The number of fused-ring (bicyclic) bond motifs is 1. The second-order valence-electron chi connectivity index (χ2n) is 7.06. The molecule has 2 amide bonds. The molecule has 3 aromatic rings. The molecule has 0 saturated carbocycles. The zero-order valence-corrected chi connectivity index (χ0v) is 16.4. The van der Waals surface area contributed by atoms with Gasteiger partial charge in [0.25, 0.3) is 11.8 Å². The summed E-state index contributed by atoms with van der Waals surface area (Å²) in [6.07, 6.45) is 0. The maximum absolute atomic E-state index is 12.4. The highest BCUT2D eigenvalue weighted by molar-refractivity contribution is 5.93. The van der Waals surface area contributed by atoms with Crippen molar-refractivity contribution in [2.45, 2.75) is 19.5 Å². The molecule has 2 aromatic carbocycles. The van der Waals surface area contributed by atoms with Gasteiger partial charge >= 0.3 is 0 Å². The summed E-state index contributed by atoms with van der Waals surface area (Å²) < 4.78 is 5.82. The van der Waals surface area contributed by atoms with Gasteiger partial charge in [0, 0.05) is 23.6 Å². The number of hydrogen-bond donors (Lipinski definition) is 3. The lowest BCUT2D eigenvalue weighted by Crippen LogP contribution is -3.08. The monoisotopic (exact) mass is 380 g/mol. The van der Waals surface area contributed by atoms with E-state index in [9.17, 15) is 9.59 Å². The molecule has 6 nitrogen and oxygen atoms in total. The van der Waals surface area contributed by atoms with Gasteiger partial charge in [-0.1, -0.05) is 30.3 Å². The molecule has 3 N–H and O–H groups in total. The summed E-state index contributed by atoms with van der Waals surface area (Å²) in [5.41, 5.74) is 2.52. The molecule has 1 unspecified atom stereocenters. The van der Waals surface area contributed by atoms with E-state index in [1.165, 1.54) is 0 Å². The molecule has 0 aliphatic carbocycles. The van der Waals surface area contributed by atoms with Crippen LogP contribution in [-0.4, -0.2) is 32.5 Å². The molecule has 6 heteroatoms. The number of likely N-dealkylation sites (N-methyl/N-ethyl adjacent to an activating group) is 1. The highest BCUT2D eigenvalue weighted by atomic mass is 16.3. The summed E-state index contributed by atoms with van der Waals surface area (Å²) >= 11 is 0. The number of amides is 2. The van der Waals surface area contributed by atoms with E-state index in [2.05, 4.69) is 10.6 Å². The SMILES string of the molecule is CNC(=O)c1ccc(C[NH+](C)CC(=O)N[C@@H](C)c2cc3ccccc3o2)cc1. The average Bonchev–Trinajstić information content (AvgIpc) is 3.12. The quantitative estimate of drug-likeness (QED) is 0.584. The molecule has 2 atom stereocenters. The van der Waals surface area contributed by atoms with Crippen LogP contribution in [0.25, 0.3) is 11.0 Å². The molecule has 0 bridgehead atoms. The Morgan fingerprint density at radius 2 is 1.82 bits per heavy atom. The normalized spacial score (nSPS) is 13.1. The number of benzene rings is 2. The third-order valence-electron chi connectivity index (χ3n) is 4.66. The third kappa shape index (κ3) is 4.78. The standard InChI is InChI=1S/C22H25N3O3/c1-15(20-12-18-6-4-5-7-19(18)28-20)24-21(26)14-25(3)13-16-8-10-17(11-9-16)22(27)23-2/h4-12,15H,13-14H2,1-3H3,(H,23,27)(H,24,26)/p+1/t15-/m0/s1. The Morgan fingerprint density at radius 3 is 2.50 bits per heavy atom. The van der Waals surface area contributed by atoms with Crippen LogP contribution < -0.4 is 15.5 Å². The molecule has 1 heterocycles. The summed E-state index contributed by atoms with van der Waals surface area (Å²) in [5, 5.41) is 6.63. The number of quaternary nitrogens is 1. The van der Waals surface area contributed by atoms with Crippen molar-refractivity contribution in [1.82, 2.24) is 10.6 Å². The predicted molar refractivity (Wildman–Crippen MR) is 108 cm³/mol. The fraction of sp³-hybridized carbons (Fsp3) is 0.273. The van der Waals surface area contributed by atoms with Crippen LogP contribution in [0.5, 0.6) is 0 Å². The Kier molecular flexibility index (Phi) is 6.11. The van der Waals surface area contributed by atoms with E-state index in [1.54, 1.807) is 19.2 Å². The maximum Gasteiger partial charge on any atom is 0.275 e. The first-order chi connectivity index (χ1) is 13.5. The molecular formula is C22H26N3O3+. The molecule has 0 aliphatic heterocycles. The van der Waals surface area contributed by atoms with Crippen LogP contribution in [0.15, 0.2) is 59.0 Å². The minimum atomic E-state index is -0.195. The van der Waals surface area contributed by atoms with Crippen LogP contribution in [0.3, 0.4) is 0 Å². The van der Waals surface area contributed by atoms with E-state index in [1.807, 2.05) is 56.4 Å². The van der Waals surface area contributed by atoms with Gasteiger partial charge in [-0.15, -0.1) is 0 Å². The molecule has 0 aliphatic rings. The van der Waals surface area contributed by atoms with Gasteiger partial charge in [0.15, 0.2) is 6.54 Å². The molecular weight excluding hydrogens is 354 g/mol.